The summed E-state index contributed by atoms with van der Waals surface area (Å²) in [6, 6.07) is 4.86. The van der Waals surface area contributed by atoms with Crippen molar-refractivity contribution in [1.82, 2.24) is 0 Å². The van der Waals surface area contributed by atoms with E-state index in [0.717, 1.165) is 12.0 Å². The van der Waals surface area contributed by atoms with Crippen molar-refractivity contribution in [2.45, 2.75) is 63.8 Å². The van der Waals surface area contributed by atoms with E-state index in [1.165, 1.54) is 6.07 Å². The number of aliphatic hydroxyl groups is 3. The third-order valence-corrected chi connectivity index (χ3v) is 6.84. The summed E-state index contributed by atoms with van der Waals surface area (Å²) in [5.41, 5.74) is -1.56. The van der Waals surface area contributed by atoms with E-state index in [1.54, 1.807) is 12.1 Å². The molecule has 0 aromatic heterocycles. The number of hydrogen-bond donors (Lipinski definition) is 4. The van der Waals surface area contributed by atoms with E-state index in [1.807, 2.05) is 13.8 Å². The highest BCUT2D eigenvalue weighted by Crippen LogP contribution is 2.60. The van der Waals surface area contributed by atoms with Crippen molar-refractivity contribution in [3.05, 3.63) is 29.3 Å². The fourth-order valence-electron chi connectivity index (χ4n) is 4.91. The smallest absolute Gasteiger partial charge is 0.335 e. The molecule has 1 aromatic carbocycles. The first-order valence-corrected chi connectivity index (χ1v) is 9.13. The molecule has 1 heterocycles. The molecule has 1 aliphatic heterocycles. The fourth-order valence-corrected chi connectivity index (χ4v) is 4.91. The maximum absolute atomic E-state index is 11.4. The number of fused-ring (bicyclic) bond motifs is 1. The Bertz CT molecular complexity index is 720. The molecule has 1 spiro atoms. The predicted octanol–water partition coefficient (Wildman–Crippen LogP) is 2.41. The van der Waals surface area contributed by atoms with Crippen molar-refractivity contribution in [3.63, 3.8) is 0 Å². The molecule has 3 rings (SSSR count). The molecule has 6 nitrogen and oxygen atoms in total. The molecule has 2 aliphatic rings. The van der Waals surface area contributed by atoms with E-state index in [2.05, 4.69) is 6.92 Å². The van der Waals surface area contributed by atoms with Gasteiger partial charge in [0.2, 0.25) is 0 Å². The van der Waals surface area contributed by atoms with Gasteiger partial charge in [0.25, 0.3) is 0 Å². The third kappa shape index (κ3) is 3.23. The van der Waals surface area contributed by atoms with Crippen molar-refractivity contribution in [2.24, 2.45) is 11.3 Å². The van der Waals surface area contributed by atoms with E-state index in [-0.39, 0.29) is 30.3 Å². The molecule has 1 unspecified atom stereocenters. The summed E-state index contributed by atoms with van der Waals surface area (Å²) in [4.78, 5) is 11.3. The zero-order valence-electron chi connectivity index (χ0n) is 15.9. The average Bonchev–Trinajstić information content (AvgIpc) is 2.98. The summed E-state index contributed by atoms with van der Waals surface area (Å²) in [6.07, 6.45) is 0.824. The standard InChI is InChI=1S/C20H28O6.ClH/c1-12-6-7-19(25,10-15(22)11-21)18(2,3)20(12)9-14-8-13(17(23)24)4-5-16(14)26-20;/h4-5,8,12,15,21-22,25H,6-7,9-11H2,1-3H3,(H,23,24);1H/t12-,15?,19+,20+;/m0./s1. The Labute approximate surface area is 165 Å². The Kier molecular flexibility index (Phi) is 5.89. The number of aromatic carboxylic acids is 1. The van der Waals surface area contributed by atoms with E-state index in [0.29, 0.717) is 18.6 Å². The molecule has 152 valence electrons. The van der Waals surface area contributed by atoms with Crippen LogP contribution in [0.25, 0.3) is 0 Å². The first kappa shape index (κ1) is 22.0. The summed E-state index contributed by atoms with van der Waals surface area (Å²) in [7, 11) is 0. The number of aliphatic hydroxyl groups excluding tert-OH is 2. The second kappa shape index (κ2) is 7.24. The summed E-state index contributed by atoms with van der Waals surface area (Å²) in [5.74, 6) is -0.182. The number of hydrogen-bond acceptors (Lipinski definition) is 5. The molecule has 0 bridgehead atoms. The van der Waals surface area contributed by atoms with Gasteiger partial charge in [-0.2, -0.15) is 0 Å². The van der Waals surface area contributed by atoms with Gasteiger partial charge in [-0.05, 0) is 42.5 Å². The van der Waals surface area contributed by atoms with Crippen LogP contribution in [0.5, 0.6) is 5.75 Å². The number of halogens is 1. The summed E-state index contributed by atoms with van der Waals surface area (Å²) < 4.78 is 6.41. The monoisotopic (exact) mass is 400 g/mol. The van der Waals surface area contributed by atoms with Gasteiger partial charge in [0, 0.05) is 18.3 Å². The fraction of sp³-hybridized carbons (Fsp3) is 0.650. The van der Waals surface area contributed by atoms with Gasteiger partial charge >= 0.3 is 5.97 Å². The van der Waals surface area contributed by atoms with Crippen LogP contribution in [0.3, 0.4) is 0 Å². The molecular formula is C20H29ClO6. The Balaban J connectivity index is 0.00000261. The average molecular weight is 401 g/mol. The molecule has 1 aliphatic carbocycles. The van der Waals surface area contributed by atoms with Gasteiger partial charge in [0.05, 0.1) is 23.9 Å². The van der Waals surface area contributed by atoms with Crippen LogP contribution in [0.2, 0.25) is 0 Å². The minimum Gasteiger partial charge on any atom is -0.486 e. The maximum Gasteiger partial charge on any atom is 0.335 e. The van der Waals surface area contributed by atoms with Crippen molar-refractivity contribution < 1.29 is 30.0 Å². The van der Waals surface area contributed by atoms with Gasteiger partial charge in [-0.15, -0.1) is 12.4 Å². The van der Waals surface area contributed by atoms with Gasteiger partial charge in [-0.1, -0.05) is 20.8 Å². The van der Waals surface area contributed by atoms with Crippen LogP contribution in [0.4, 0.5) is 0 Å². The maximum atomic E-state index is 11.4. The van der Waals surface area contributed by atoms with Gasteiger partial charge in [-0.25, -0.2) is 4.79 Å². The van der Waals surface area contributed by atoms with Crippen LogP contribution in [-0.4, -0.2) is 50.3 Å². The lowest BCUT2D eigenvalue weighted by Gasteiger charge is -2.59. The predicted molar refractivity (Wildman–Crippen MR) is 103 cm³/mol. The molecule has 4 N–H and O–H groups in total. The number of rotatable bonds is 4. The first-order chi connectivity index (χ1) is 12.1. The van der Waals surface area contributed by atoms with Crippen LogP contribution >= 0.6 is 12.4 Å². The van der Waals surface area contributed by atoms with E-state index < -0.39 is 35.3 Å². The van der Waals surface area contributed by atoms with Crippen molar-refractivity contribution in [2.75, 3.05) is 6.61 Å². The zero-order valence-corrected chi connectivity index (χ0v) is 16.8. The summed E-state index contributed by atoms with van der Waals surface area (Å²) in [5, 5.41) is 39.9. The lowest BCUT2D eigenvalue weighted by atomic mass is 9.51. The molecule has 4 atom stereocenters. The first-order valence-electron chi connectivity index (χ1n) is 9.13. The minimum atomic E-state index is -1.20. The number of benzene rings is 1. The Morgan fingerprint density at radius 1 is 1.37 bits per heavy atom. The van der Waals surface area contributed by atoms with Crippen LogP contribution in [0.15, 0.2) is 18.2 Å². The molecule has 0 saturated heterocycles. The number of carboxylic acids is 1. The van der Waals surface area contributed by atoms with Crippen LogP contribution in [0.1, 0.15) is 56.0 Å². The molecule has 1 saturated carbocycles. The van der Waals surface area contributed by atoms with Crippen molar-refractivity contribution >= 4 is 18.4 Å². The second-order valence-electron chi connectivity index (χ2n) is 8.43. The normalized spacial score (nSPS) is 32.3. The van der Waals surface area contributed by atoms with E-state index >= 15 is 0 Å². The minimum absolute atomic E-state index is 0. The van der Waals surface area contributed by atoms with Gasteiger partial charge < -0.3 is 25.2 Å². The summed E-state index contributed by atoms with van der Waals surface area (Å²) in [6.45, 7) is 5.57. The molecule has 0 amide bonds. The van der Waals surface area contributed by atoms with Crippen LogP contribution < -0.4 is 4.74 Å². The van der Waals surface area contributed by atoms with Gasteiger partial charge in [0.1, 0.15) is 11.4 Å². The highest BCUT2D eigenvalue weighted by molar-refractivity contribution is 5.88. The quantitative estimate of drug-likeness (QED) is 0.618. The highest BCUT2D eigenvalue weighted by Gasteiger charge is 2.65. The molecule has 1 fully saturated rings. The van der Waals surface area contributed by atoms with E-state index in [4.69, 9.17) is 4.74 Å². The Hall–Kier alpha value is -1.34. The van der Waals surface area contributed by atoms with Gasteiger partial charge in [0.15, 0.2) is 0 Å². The van der Waals surface area contributed by atoms with Crippen molar-refractivity contribution in [1.29, 1.82) is 0 Å². The molecule has 7 heteroatoms. The van der Waals surface area contributed by atoms with Crippen LogP contribution in [-0.2, 0) is 6.42 Å². The summed E-state index contributed by atoms with van der Waals surface area (Å²) >= 11 is 0. The largest absolute Gasteiger partial charge is 0.486 e. The molecular weight excluding hydrogens is 372 g/mol. The molecule has 27 heavy (non-hydrogen) atoms. The second-order valence-corrected chi connectivity index (χ2v) is 8.43. The molecule has 0 radical (unpaired) electrons. The lowest BCUT2D eigenvalue weighted by molar-refractivity contribution is -0.223. The Morgan fingerprint density at radius 3 is 2.63 bits per heavy atom. The van der Waals surface area contributed by atoms with Crippen molar-refractivity contribution in [3.8, 4) is 5.75 Å². The number of ether oxygens (including phenoxy) is 1. The third-order valence-electron chi connectivity index (χ3n) is 6.84. The topological polar surface area (TPSA) is 107 Å². The zero-order chi connectivity index (χ0) is 19.3. The number of carbonyl (C=O) groups is 1. The Morgan fingerprint density at radius 2 is 2.04 bits per heavy atom. The lowest BCUT2D eigenvalue weighted by Crippen LogP contribution is -2.67. The van der Waals surface area contributed by atoms with Gasteiger partial charge in [-0.3, -0.25) is 0 Å². The number of carboxylic acid groups (broad SMARTS) is 1. The highest BCUT2D eigenvalue weighted by atomic mass is 35.5. The molecule has 1 aromatic rings. The van der Waals surface area contributed by atoms with Crippen LogP contribution in [0, 0.1) is 11.3 Å². The SMILES string of the molecule is C[C@H]1CC[C@@](O)(CC(O)CO)C(C)(C)[C@@]12Cc1cc(C(=O)O)ccc1O2.Cl. The van der Waals surface area contributed by atoms with E-state index in [9.17, 15) is 25.2 Å².